The summed E-state index contributed by atoms with van der Waals surface area (Å²) in [6, 6.07) is 6.18. The molecule has 0 saturated carbocycles. The fourth-order valence-corrected chi connectivity index (χ4v) is 3.97. The molecule has 0 unspecified atom stereocenters. The van der Waals surface area contributed by atoms with E-state index < -0.39 is 20.2 Å². The van der Waals surface area contributed by atoms with Gasteiger partial charge in [-0.3, -0.25) is 4.89 Å². The smallest absolute Gasteiger partial charge is 0.133 e. The van der Waals surface area contributed by atoms with Crippen LogP contribution in [-0.2, 0) is 12.8 Å². The molecule has 0 aliphatic heterocycles. The van der Waals surface area contributed by atoms with Gasteiger partial charge in [0.2, 0.25) is 0 Å². The number of benzene rings is 1. The molecule has 0 aromatic heterocycles. The van der Waals surface area contributed by atoms with E-state index in [1.165, 1.54) is 0 Å². The van der Waals surface area contributed by atoms with Crippen LogP contribution in [0.25, 0.3) is 0 Å². The van der Waals surface area contributed by atoms with Crippen LogP contribution in [0.4, 0.5) is 5.69 Å². The molecule has 0 bridgehead atoms. The van der Waals surface area contributed by atoms with Gasteiger partial charge in [0.25, 0.3) is 0 Å². The molecule has 0 fully saturated rings. The largest absolute Gasteiger partial charge is 0.253 e. The second kappa shape index (κ2) is 13.6. The summed E-state index contributed by atoms with van der Waals surface area (Å²) in [5.74, 6) is 0.755. The summed E-state index contributed by atoms with van der Waals surface area (Å²) in [7, 11) is 16.7. The Morgan fingerprint density at radius 1 is 0.923 bits per heavy atom. The van der Waals surface area contributed by atoms with E-state index in [9.17, 15) is 0 Å². The molecule has 0 spiro atoms. The summed E-state index contributed by atoms with van der Waals surface area (Å²) in [5, 5.41) is 0. The third-order valence-corrected chi connectivity index (χ3v) is 4.72. The quantitative estimate of drug-likeness (QED) is 0.300. The molecule has 1 N–H and O–H groups in total. The molecule has 155 valence electrons. The van der Waals surface area contributed by atoms with Crippen molar-refractivity contribution in [3.05, 3.63) is 29.3 Å². The Hall–Kier alpha value is 1.40. The van der Waals surface area contributed by atoms with E-state index in [1.54, 1.807) is 0 Å². The summed E-state index contributed by atoms with van der Waals surface area (Å²) in [6.45, 7) is 20.9. The van der Waals surface area contributed by atoms with Crippen LogP contribution in [0.2, 0.25) is 0 Å². The van der Waals surface area contributed by atoms with Crippen molar-refractivity contribution in [2.24, 2.45) is 3.50 Å². The van der Waals surface area contributed by atoms with E-state index in [2.05, 4.69) is 69.4 Å². The zero-order valence-corrected chi connectivity index (χ0v) is 23.9. The molecule has 1 rings (SSSR count). The first-order valence-electron chi connectivity index (χ1n) is 8.54. The molecule has 0 heterocycles. The zero-order chi connectivity index (χ0) is 21.3. The van der Waals surface area contributed by atoms with Gasteiger partial charge in [0.05, 0.1) is 20.0 Å². The molecule has 2 nitrogen and oxygen atoms in total. The Morgan fingerprint density at radius 2 is 1.19 bits per heavy atom. The predicted octanol–water partition coefficient (Wildman–Crippen LogP) is 8.25. The summed E-state index contributed by atoms with van der Waals surface area (Å²) < 4.78 is 4.42. The number of rotatable bonds is 3. The minimum absolute atomic E-state index is 0.120. The van der Waals surface area contributed by atoms with Crippen molar-refractivity contribution in [1.82, 2.24) is 0 Å². The van der Waals surface area contributed by atoms with Crippen molar-refractivity contribution in [1.29, 1.82) is 0 Å². The number of halogens is 3. The maximum atomic E-state index is 8.63. The molecule has 1 aromatic carbocycles. The maximum Gasteiger partial charge on any atom is 0.133 e. The van der Waals surface area contributed by atoms with Crippen molar-refractivity contribution in [3.8, 4) is 0 Å². The van der Waals surface area contributed by atoms with Gasteiger partial charge >= 0.3 is 119 Å². The van der Waals surface area contributed by atoms with Crippen LogP contribution in [-0.4, -0.2) is 44.9 Å². The van der Waals surface area contributed by atoms with E-state index in [0.717, 1.165) is 16.8 Å². The van der Waals surface area contributed by atoms with E-state index in [0.29, 0.717) is 11.8 Å². The second-order valence-electron chi connectivity index (χ2n) is 8.01. The summed E-state index contributed by atoms with van der Waals surface area (Å²) >= 11 is -3.53. The van der Waals surface area contributed by atoms with E-state index >= 15 is 0 Å². The molecule has 0 atom stereocenters. The Morgan fingerprint density at radius 3 is 1.38 bits per heavy atom. The molecule has 1 aromatic rings. The first kappa shape index (κ1) is 29.6. The molecule has 0 aliphatic carbocycles. The molecule has 26 heavy (non-hydrogen) atoms. The van der Waals surface area contributed by atoms with Crippen molar-refractivity contribution in [2.45, 2.75) is 39.5 Å². The Balaban J connectivity index is 0. The fraction of sp³-hybridized carbons (Fsp3) is 0.667. The van der Waals surface area contributed by atoms with E-state index in [-0.39, 0.29) is 7.92 Å². The van der Waals surface area contributed by atoms with Crippen LogP contribution in [0.1, 0.15) is 50.7 Å². The summed E-state index contributed by atoms with van der Waals surface area (Å²) in [4.78, 5) is 8.63. The fourth-order valence-electron chi connectivity index (χ4n) is 1.72. The molecule has 0 radical (unpaired) electrons. The minimum atomic E-state index is -3.53. The molecular formula is C18H37Cl3MoNOP2+2. The second-order valence-corrected chi connectivity index (χ2v) is 27.9. The molecule has 0 saturated heterocycles. The van der Waals surface area contributed by atoms with Crippen LogP contribution in [0.15, 0.2) is 21.7 Å². The topological polar surface area (TPSA) is 32.6 Å². The van der Waals surface area contributed by atoms with Crippen LogP contribution in [0.5, 0.6) is 0 Å². The van der Waals surface area contributed by atoms with Crippen LogP contribution < -0.4 is 0 Å². The number of nitrogens with zero attached hydrogens (tertiary/aromatic N) is 1. The Bertz CT molecular complexity index is 539. The van der Waals surface area contributed by atoms with Gasteiger partial charge in [0, 0.05) is 20.0 Å². The van der Waals surface area contributed by atoms with Gasteiger partial charge in [-0.05, 0) is 7.92 Å². The van der Waals surface area contributed by atoms with Gasteiger partial charge in [0.1, 0.15) is 7.49 Å². The van der Waals surface area contributed by atoms with Gasteiger partial charge in [-0.2, -0.15) is 0 Å². The van der Waals surface area contributed by atoms with Gasteiger partial charge in [-0.1, -0.05) is 0 Å². The van der Waals surface area contributed by atoms with Crippen LogP contribution in [0.3, 0.4) is 0 Å². The van der Waals surface area contributed by atoms with Crippen molar-refractivity contribution in [3.63, 3.8) is 0 Å². The number of hydrogen-bond acceptors (Lipinski definition) is 2. The standard InChI is InChI=1S/C12H17N.C3H10OP.C3H9P.3ClH.Mo/c1-8(2)10-6-5-7-11(9(3)4)12(10)13;1-5(2,3)4;1-4(2)3;;;;/h5-9H,1-4H3;4H,1-3H3;1-3H3;3*1H;/q;+1;;;;;+3/p-2. The third-order valence-electron chi connectivity index (χ3n) is 2.54. The Kier molecular flexibility index (Phi) is 15.5. The average molecular weight is 548 g/mol. The molecule has 8 heteroatoms. The minimum Gasteiger partial charge on any atom is -0.253 e. The van der Waals surface area contributed by atoms with Crippen molar-refractivity contribution >= 4 is 49.4 Å². The van der Waals surface area contributed by atoms with Crippen molar-refractivity contribution in [2.75, 3.05) is 40.0 Å². The summed E-state index contributed by atoms with van der Waals surface area (Å²) in [6.07, 6.45) is 0. The first-order chi connectivity index (χ1) is 11.5. The Labute approximate surface area is 178 Å². The van der Waals surface area contributed by atoms with Crippen LogP contribution in [0, 0.1) is 0 Å². The van der Waals surface area contributed by atoms with E-state index in [4.69, 9.17) is 33.1 Å². The van der Waals surface area contributed by atoms with Gasteiger partial charge < -0.3 is 0 Å². The van der Waals surface area contributed by atoms with Gasteiger partial charge in [-0.15, -0.1) is 0 Å². The normalized spacial score (nSPS) is 11.7. The van der Waals surface area contributed by atoms with Crippen LogP contribution >= 0.6 is 43.7 Å². The van der Waals surface area contributed by atoms with Gasteiger partial charge in [0.15, 0.2) is 0 Å². The van der Waals surface area contributed by atoms with E-state index in [1.807, 2.05) is 20.0 Å². The predicted molar refractivity (Wildman–Crippen MR) is 127 cm³/mol. The van der Waals surface area contributed by atoms with Crippen molar-refractivity contribution < 1.29 is 17.6 Å². The first-order valence-corrected chi connectivity index (χ1v) is 23.3. The zero-order valence-electron chi connectivity index (χ0n) is 17.8. The number of hydrogen-bond donors (Lipinski definition) is 1. The monoisotopic (exact) mass is 548 g/mol. The SMILES string of the molecule is CC(C)c1cccc(C(C)C)c1[N]=[Mo]([Cl])([Cl])[Cl].C[P+](C)(C)O.C[PH+](C)C. The third kappa shape index (κ3) is 18.7. The maximum absolute atomic E-state index is 8.63. The molecule has 0 amide bonds. The molecular weight excluding hydrogens is 510 g/mol. The summed E-state index contributed by atoms with van der Waals surface area (Å²) in [5.41, 5.74) is 3.22. The molecule has 0 aliphatic rings. The average Bonchev–Trinajstić information content (AvgIpc) is 2.33. The van der Waals surface area contributed by atoms with Gasteiger partial charge in [-0.25, -0.2) is 0 Å².